The Balaban J connectivity index is 1.85. The first-order valence-corrected chi connectivity index (χ1v) is 10.7. The summed E-state index contributed by atoms with van der Waals surface area (Å²) >= 11 is 0. The summed E-state index contributed by atoms with van der Waals surface area (Å²) in [6, 6.07) is 13.4. The number of benzene rings is 2. The predicted octanol–water partition coefficient (Wildman–Crippen LogP) is 7.53. The lowest BCUT2D eigenvalue weighted by Gasteiger charge is -2.24. The molecule has 1 nitrogen and oxygen atoms in total. The van der Waals surface area contributed by atoms with E-state index in [9.17, 15) is 0 Å². The van der Waals surface area contributed by atoms with Crippen LogP contribution in [0.1, 0.15) is 44.7 Å². The minimum absolute atomic E-state index is 0.388. The molecule has 4 rings (SSSR count). The van der Waals surface area contributed by atoms with E-state index in [1.807, 2.05) is 0 Å². The van der Waals surface area contributed by atoms with Crippen molar-refractivity contribution < 1.29 is 0 Å². The van der Waals surface area contributed by atoms with E-state index < -0.39 is 0 Å². The van der Waals surface area contributed by atoms with Crippen LogP contribution in [0.4, 0.5) is 0 Å². The number of aryl methyl sites for hydroxylation is 1. The van der Waals surface area contributed by atoms with E-state index in [4.69, 9.17) is 0 Å². The molecule has 1 aliphatic rings. The highest BCUT2D eigenvalue weighted by Gasteiger charge is 2.20. The third-order valence-corrected chi connectivity index (χ3v) is 6.41. The van der Waals surface area contributed by atoms with Gasteiger partial charge in [-0.25, -0.2) is 0 Å². The van der Waals surface area contributed by atoms with Crippen molar-refractivity contribution in [3.8, 4) is 0 Å². The number of hydrogen-bond donors (Lipinski definition) is 1. The summed E-state index contributed by atoms with van der Waals surface area (Å²) in [5.74, 6) is 0.906. The number of para-hydroxylation sites is 1. The number of allylic oxidation sites excluding steroid dienone is 5. The molecule has 0 saturated carbocycles. The lowest BCUT2D eigenvalue weighted by Crippen LogP contribution is -2.13. The number of aromatic amines is 1. The Hall–Kier alpha value is -2.54. The van der Waals surface area contributed by atoms with E-state index in [1.54, 1.807) is 0 Å². The van der Waals surface area contributed by atoms with Crippen LogP contribution in [-0.4, -0.2) is 4.98 Å². The van der Waals surface area contributed by atoms with E-state index in [2.05, 4.69) is 87.0 Å². The van der Waals surface area contributed by atoms with Gasteiger partial charge in [-0.05, 0) is 48.8 Å². The normalized spacial score (nSPS) is 23.4. The van der Waals surface area contributed by atoms with E-state index in [0.29, 0.717) is 11.8 Å². The first kappa shape index (κ1) is 18.8. The largest absolute Gasteiger partial charge is 0.354 e. The fraction of sp³-hybridized carbons (Fsp3) is 0.333. The van der Waals surface area contributed by atoms with Crippen LogP contribution in [0.3, 0.4) is 0 Å². The van der Waals surface area contributed by atoms with Crippen molar-refractivity contribution in [2.45, 2.75) is 46.5 Å². The Kier molecular flexibility index (Phi) is 5.26. The average molecular weight is 370 g/mol. The minimum Gasteiger partial charge on any atom is -0.354 e. The molecule has 0 saturated heterocycles. The second-order valence-electron chi connectivity index (χ2n) is 8.18. The molecule has 3 aromatic rings. The van der Waals surface area contributed by atoms with E-state index in [0.717, 1.165) is 25.7 Å². The topological polar surface area (TPSA) is 15.8 Å². The Bertz CT molecular complexity index is 1080. The lowest BCUT2D eigenvalue weighted by atomic mass is 9.80. The molecule has 28 heavy (non-hydrogen) atoms. The number of hydrogen-bond acceptors (Lipinski definition) is 0. The zero-order valence-electron chi connectivity index (χ0n) is 17.4. The first-order valence-electron chi connectivity index (χ1n) is 10.7. The monoisotopic (exact) mass is 369 g/mol. The van der Waals surface area contributed by atoms with Crippen molar-refractivity contribution in [3.05, 3.63) is 83.5 Å². The van der Waals surface area contributed by atoms with E-state index in [1.165, 1.54) is 44.1 Å². The zero-order valence-corrected chi connectivity index (χ0v) is 17.4. The van der Waals surface area contributed by atoms with Gasteiger partial charge in [0.05, 0.1) is 0 Å². The van der Waals surface area contributed by atoms with Gasteiger partial charge in [0, 0.05) is 27.7 Å². The number of H-pyrrole nitrogens is 1. The minimum atomic E-state index is 0.388. The van der Waals surface area contributed by atoms with Crippen LogP contribution in [0.25, 0.3) is 21.8 Å². The predicted molar refractivity (Wildman–Crippen MR) is 123 cm³/mol. The van der Waals surface area contributed by atoms with Crippen LogP contribution in [0.15, 0.2) is 72.4 Å². The molecule has 0 bridgehead atoms. The van der Waals surface area contributed by atoms with Gasteiger partial charge in [0.25, 0.3) is 0 Å². The molecular formula is C27H31N. The van der Waals surface area contributed by atoms with Crippen LogP contribution in [-0.2, 0) is 12.8 Å². The van der Waals surface area contributed by atoms with E-state index in [-0.39, 0.29) is 0 Å². The maximum Gasteiger partial charge on any atom is 0.0500 e. The summed E-state index contributed by atoms with van der Waals surface area (Å²) in [5, 5.41) is 2.74. The lowest BCUT2D eigenvalue weighted by molar-refractivity contribution is 0.588. The summed E-state index contributed by atoms with van der Waals surface area (Å²) in [4.78, 5) is 3.69. The molecule has 1 unspecified atom stereocenters. The fourth-order valence-corrected chi connectivity index (χ4v) is 4.57. The van der Waals surface area contributed by atoms with Crippen molar-refractivity contribution in [2.75, 3.05) is 0 Å². The summed E-state index contributed by atoms with van der Waals surface area (Å²) in [5.41, 5.74) is 8.16. The summed E-state index contributed by atoms with van der Waals surface area (Å²) < 4.78 is 0. The zero-order chi connectivity index (χ0) is 19.7. The second kappa shape index (κ2) is 7.83. The Morgan fingerprint density at radius 2 is 1.82 bits per heavy atom. The van der Waals surface area contributed by atoms with Gasteiger partial charge in [0.2, 0.25) is 0 Å². The Labute approximate surface area is 168 Å². The Morgan fingerprint density at radius 1 is 1.04 bits per heavy atom. The molecule has 0 aliphatic heterocycles. The molecule has 1 aliphatic carbocycles. The van der Waals surface area contributed by atoms with Gasteiger partial charge in [-0.3, -0.25) is 0 Å². The van der Waals surface area contributed by atoms with Gasteiger partial charge in [-0.1, -0.05) is 87.1 Å². The van der Waals surface area contributed by atoms with Crippen LogP contribution in [0.5, 0.6) is 0 Å². The van der Waals surface area contributed by atoms with Gasteiger partial charge < -0.3 is 4.98 Å². The molecule has 1 aromatic heterocycles. The summed E-state index contributed by atoms with van der Waals surface area (Å²) in [6.07, 6.45) is 11.3. The van der Waals surface area contributed by atoms with Gasteiger partial charge in [-0.15, -0.1) is 0 Å². The second-order valence-corrected chi connectivity index (χ2v) is 8.18. The van der Waals surface area contributed by atoms with Crippen LogP contribution < -0.4 is 0 Å². The molecule has 0 amide bonds. The Morgan fingerprint density at radius 3 is 2.61 bits per heavy atom. The first-order chi connectivity index (χ1) is 13.6. The third kappa shape index (κ3) is 3.35. The van der Waals surface area contributed by atoms with Gasteiger partial charge in [-0.2, -0.15) is 0 Å². The molecule has 2 aromatic carbocycles. The fourth-order valence-electron chi connectivity index (χ4n) is 4.57. The molecule has 0 fully saturated rings. The average Bonchev–Trinajstić information content (AvgIpc) is 3.10. The van der Waals surface area contributed by atoms with E-state index >= 15 is 0 Å². The standard InChI is InChI=1S/C27H31N/c1-5-20-11-9-10-18(3)19(4)23(16-20)17-22-15-14-21(6-2)27-26(22)24-12-7-8-13-25(24)28-27/h7-9,11-16,18,23,28H,4-6,10,17H2,1-3H3/b11-9-,20-16-/t18-,23?/m1/s1. The van der Waals surface area contributed by atoms with Crippen molar-refractivity contribution in [2.24, 2.45) is 11.8 Å². The highest BCUT2D eigenvalue weighted by molar-refractivity contribution is 6.10. The number of rotatable bonds is 4. The molecular weight excluding hydrogens is 338 g/mol. The maximum atomic E-state index is 4.52. The molecule has 0 radical (unpaired) electrons. The van der Waals surface area contributed by atoms with Gasteiger partial charge >= 0.3 is 0 Å². The van der Waals surface area contributed by atoms with Crippen molar-refractivity contribution in [1.82, 2.24) is 4.98 Å². The van der Waals surface area contributed by atoms with Crippen molar-refractivity contribution >= 4 is 21.8 Å². The smallest absolute Gasteiger partial charge is 0.0500 e. The molecule has 1 heteroatoms. The molecule has 144 valence electrons. The molecule has 1 heterocycles. The maximum absolute atomic E-state index is 4.52. The van der Waals surface area contributed by atoms with Crippen LogP contribution in [0, 0.1) is 11.8 Å². The number of aromatic nitrogens is 1. The van der Waals surface area contributed by atoms with Crippen LogP contribution in [0.2, 0.25) is 0 Å². The molecule has 1 N–H and O–H groups in total. The van der Waals surface area contributed by atoms with Crippen molar-refractivity contribution in [3.63, 3.8) is 0 Å². The molecule has 0 spiro atoms. The van der Waals surface area contributed by atoms with Gasteiger partial charge in [0.15, 0.2) is 0 Å². The highest BCUT2D eigenvalue weighted by atomic mass is 14.7. The van der Waals surface area contributed by atoms with Crippen LogP contribution >= 0.6 is 0 Å². The SMILES string of the molecule is C=C1C(Cc2ccc(CC)c3[nH]c4ccccc4c23)/C=C(CC)\C=C/C[C@H]1C. The van der Waals surface area contributed by atoms with Crippen molar-refractivity contribution in [1.29, 1.82) is 0 Å². The number of fused-ring (bicyclic) bond motifs is 3. The summed E-state index contributed by atoms with van der Waals surface area (Å²) in [6.45, 7) is 11.3. The molecule has 2 atom stereocenters. The third-order valence-electron chi connectivity index (χ3n) is 6.41. The highest BCUT2D eigenvalue weighted by Crippen LogP contribution is 2.35. The number of nitrogens with one attached hydrogen (secondary N) is 1. The quantitative estimate of drug-likeness (QED) is 0.457. The van der Waals surface area contributed by atoms with Gasteiger partial charge in [0.1, 0.15) is 0 Å². The summed E-state index contributed by atoms with van der Waals surface area (Å²) in [7, 11) is 0.